The fourth-order valence-electron chi connectivity index (χ4n) is 2.49. The number of halogens is 1. The van der Waals surface area contributed by atoms with Crippen LogP contribution in [0.3, 0.4) is 0 Å². The Morgan fingerprint density at radius 3 is 2.00 bits per heavy atom. The second-order valence-corrected chi connectivity index (χ2v) is 4.99. The fourth-order valence-corrected chi connectivity index (χ4v) is 2.62. The van der Waals surface area contributed by atoms with Crippen molar-refractivity contribution in [1.29, 1.82) is 0 Å². The molecule has 0 aliphatic carbocycles. The van der Waals surface area contributed by atoms with E-state index in [0.717, 1.165) is 6.42 Å². The van der Waals surface area contributed by atoms with Crippen molar-refractivity contribution in [1.82, 2.24) is 0 Å². The highest BCUT2D eigenvalue weighted by Gasteiger charge is 2.04. The minimum Gasteiger partial charge on any atom is -0.126 e. The third-order valence-corrected chi connectivity index (χ3v) is 3.59. The third kappa shape index (κ3) is 2.36. The Bertz CT molecular complexity index is 687. The molecule has 0 N–H and O–H groups in total. The van der Waals surface area contributed by atoms with Crippen molar-refractivity contribution >= 4 is 39.2 Å². The van der Waals surface area contributed by atoms with E-state index < -0.39 is 0 Å². The van der Waals surface area contributed by atoms with Gasteiger partial charge in [-0.05, 0) is 39.6 Å². The minimum absolute atomic E-state index is 0.666. The molecule has 0 radical (unpaired) electrons. The summed E-state index contributed by atoms with van der Waals surface area (Å²) in [7, 11) is 0. The Morgan fingerprint density at radius 2 is 1.42 bits per heavy atom. The van der Waals surface area contributed by atoms with Gasteiger partial charge in [0.2, 0.25) is 0 Å². The predicted molar refractivity (Wildman–Crippen MR) is 85.8 cm³/mol. The van der Waals surface area contributed by atoms with Gasteiger partial charge >= 0.3 is 0 Å². The van der Waals surface area contributed by atoms with Crippen molar-refractivity contribution in [3.05, 3.63) is 66.2 Å². The molecule has 0 saturated heterocycles. The zero-order valence-corrected chi connectivity index (χ0v) is 11.4. The maximum Gasteiger partial charge on any atom is 0.0258 e. The number of hydrogen-bond acceptors (Lipinski definition) is 0. The summed E-state index contributed by atoms with van der Waals surface area (Å²) in [5, 5.41) is 5.16. The summed E-state index contributed by atoms with van der Waals surface area (Å²) >= 11 is 5.75. The average Bonchev–Trinajstić information content (AvgIpc) is 2.46. The Hall–Kier alpha value is -1.79. The van der Waals surface area contributed by atoms with Crippen molar-refractivity contribution in [2.45, 2.75) is 6.42 Å². The number of hydrogen-bond donors (Lipinski definition) is 0. The van der Waals surface area contributed by atoms with Crippen molar-refractivity contribution in [2.24, 2.45) is 0 Å². The molecule has 0 unspecified atom stereocenters. The van der Waals surface area contributed by atoms with Gasteiger partial charge in [0.25, 0.3) is 0 Å². The molecule has 0 aliphatic rings. The van der Waals surface area contributed by atoms with Gasteiger partial charge in [0.05, 0.1) is 0 Å². The summed E-state index contributed by atoms with van der Waals surface area (Å²) in [5.41, 5.74) is 1.29. The molecular weight excluding hydrogens is 252 g/mol. The summed E-state index contributed by atoms with van der Waals surface area (Å²) in [6.45, 7) is 0. The summed E-state index contributed by atoms with van der Waals surface area (Å²) in [5.74, 6) is 0.666. The van der Waals surface area contributed by atoms with E-state index in [1.807, 2.05) is 0 Å². The van der Waals surface area contributed by atoms with Gasteiger partial charge in [-0.1, -0.05) is 60.7 Å². The smallest absolute Gasteiger partial charge is 0.0258 e. The Labute approximate surface area is 118 Å². The van der Waals surface area contributed by atoms with Crippen LogP contribution in [0.15, 0.2) is 60.7 Å². The number of rotatable bonds is 3. The van der Waals surface area contributed by atoms with Crippen molar-refractivity contribution in [3.8, 4) is 0 Å². The van der Waals surface area contributed by atoms with E-state index in [-0.39, 0.29) is 0 Å². The number of fused-ring (bicyclic) bond motifs is 2. The first-order valence-electron chi connectivity index (χ1n) is 6.53. The van der Waals surface area contributed by atoms with Crippen LogP contribution in [-0.2, 0) is 0 Å². The molecule has 0 aliphatic heterocycles. The largest absolute Gasteiger partial charge is 0.126 e. The molecule has 0 aromatic heterocycles. The molecule has 0 amide bonds. The van der Waals surface area contributed by atoms with E-state index in [4.69, 9.17) is 11.6 Å². The molecule has 3 rings (SSSR count). The summed E-state index contributed by atoms with van der Waals surface area (Å²) < 4.78 is 0. The SMILES string of the molecule is ClCCC=Cc1c2ccccc2cc2ccccc12. The highest BCUT2D eigenvalue weighted by atomic mass is 35.5. The van der Waals surface area contributed by atoms with E-state index in [1.165, 1.54) is 27.1 Å². The molecule has 0 saturated carbocycles. The van der Waals surface area contributed by atoms with Crippen molar-refractivity contribution in [2.75, 3.05) is 5.88 Å². The molecule has 19 heavy (non-hydrogen) atoms. The fraction of sp³-hybridized carbons (Fsp3) is 0.111. The first kappa shape index (κ1) is 12.3. The van der Waals surface area contributed by atoms with Crippen LogP contribution in [0.5, 0.6) is 0 Å². The molecule has 3 aromatic carbocycles. The lowest BCUT2D eigenvalue weighted by atomic mass is 9.96. The molecule has 3 aromatic rings. The summed E-state index contributed by atoms with van der Waals surface area (Å²) in [4.78, 5) is 0. The monoisotopic (exact) mass is 266 g/mol. The van der Waals surface area contributed by atoms with Gasteiger partial charge in [-0.15, -0.1) is 11.6 Å². The Morgan fingerprint density at radius 1 is 0.842 bits per heavy atom. The van der Waals surface area contributed by atoms with Crippen LogP contribution in [0.2, 0.25) is 0 Å². The molecule has 0 atom stereocenters. The second-order valence-electron chi connectivity index (χ2n) is 4.61. The molecule has 0 fully saturated rings. The number of allylic oxidation sites excluding steroid dienone is 1. The van der Waals surface area contributed by atoms with Crippen LogP contribution in [0.1, 0.15) is 12.0 Å². The van der Waals surface area contributed by atoms with Gasteiger partial charge in [-0.25, -0.2) is 0 Å². The summed E-state index contributed by atoms with van der Waals surface area (Å²) in [6.07, 6.45) is 5.26. The zero-order chi connectivity index (χ0) is 13.1. The minimum atomic E-state index is 0.666. The molecule has 0 heterocycles. The molecule has 94 valence electrons. The lowest BCUT2D eigenvalue weighted by Gasteiger charge is -2.08. The van der Waals surface area contributed by atoms with Gasteiger partial charge in [-0.3, -0.25) is 0 Å². The second kappa shape index (κ2) is 5.46. The number of alkyl halides is 1. The topological polar surface area (TPSA) is 0 Å². The van der Waals surface area contributed by atoms with E-state index >= 15 is 0 Å². The molecule has 0 bridgehead atoms. The van der Waals surface area contributed by atoms with Crippen LogP contribution in [-0.4, -0.2) is 5.88 Å². The van der Waals surface area contributed by atoms with E-state index in [9.17, 15) is 0 Å². The Kier molecular flexibility index (Phi) is 3.52. The third-order valence-electron chi connectivity index (χ3n) is 3.37. The van der Waals surface area contributed by atoms with Crippen LogP contribution < -0.4 is 0 Å². The Balaban J connectivity index is 2.33. The van der Waals surface area contributed by atoms with Crippen molar-refractivity contribution < 1.29 is 0 Å². The quantitative estimate of drug-likeness (QED) is 0.425. The van der Waals surface area contributed by atoms with E-state index in [2.05, 4.69) is 66.7 Å². The van der Waals surface area contributed by atoms with Crippen LogP contribution in [0, 0.1) is 0 Å². The predicted octanol–water partition coefficient (Wildman–Crippen LogP) is 5.64. The highest BCUT2D eigenvalue weighted by Crippen LogP contribution is 2.29. The highest BCUT2D eigenvalue weighted by molar-refractivity contribution is 6.18. The number of benzene rings is 3. The molecule has 0 nitrogen and oxygen atoms in total. The van der Waals surface area contributed by atoms with Gasteiger partial charge < -0.3 is 0 Å². The van der Waals surface area contributed by atoms with Crippen LogP contribution in [0.25, 0.3) is 27.6 Å². The normalized spacial score (nSPS) is 11.6. The first-order chi connectivity index (χ1) is 9.40. The zero-order valence-electron chi connectivity index (χ0n) is 10.6. The van der Waals surface area contributed by atoms with Gasteiger partial charge in [0.15, 0.2) is 0 Å². The van der Waals surface area contributed by atoms with E-state index in [1.54, 1.807) is 0 Å². The maximum absolute atomic E-state index is 5.75. The van der Waals surface area contributed by atoms with Crippen molar-refractivity contribution in [3.63, 3.8) is 0 Å². The summed E-state index contributed by atoms with van der Waals surface area (Å²) in [6, 6.07) is 19.3. The standard InChI is InChI=1S/C18H15Cl/c19-12-6-5-11-18-16-9-3-1-7-14(16)13-15-8-2-4-10-17(15)18/h1-5,7-11,13H,6,12H2. The van der Waals surface area contributed by atoms with Gasteiger partial charge in [-0.2, -0.15) is 0 Å². The first-order valence-corrected chi connectivity index (χ1v) is 7.06. The van der Waals surface area contributed by atoms with Crippen LogP contribution >= 0.6 is 11.6 Å². The van der Waals surface area contributed by atoms with Gasteiger partial charge in [0.1, 0.15) is 0 Å². The van der Waals surface area contributed by atoms with Crippen LogP contribution in [0.4, 0.5) is 0 Å². The average molecular weight is 267 g/mol. The molecular formula is C18H15Cl. The molecule has 1 heteroatoms. The maximum atomic E-state index is 5.75. The lowest BCUT2D eigenvalue weighted by molar-refractivity contribution is 1.25. The lowest BCUT2D eigenvalue weighted by Crippen LogP contribution is -1.83. The molecule has 0 spiro atoms. The van der Waals surface area contributed by atoms with E-state index in [0.29, 0.717) is 5.88 Å². The van der Waals surface area contributed by atoms with Gasteiger partial charge in [0, 0.05) is 5.88 Å².